The van der Waals surface area contributed by atoms with Gasteiger partial charge in [0.1, 0.15) is 5.82 Å². The Labute approximate surface area is 180 Å². The van der Waals surface area contributed by atoms with E-state index in [1.165, 1.54) is 25.7 Å². The molecular weight excluding hydrogens is 374 g/mol. The van der Waals surface area contributed by atoms with Crippen LogP contribution >= 0.6 is 0 Å². The van der Waals surface area contributed by atoms with E-state index in [9.17, 15) is 9.59 Å². The van der Waals surface area contributed by atoms with Gasteiger partial charge in [0.25, 0.3) is 5.56 Å². The summed E-state index contributed by atoms with van der Waals surface area (Å²) in [5.74, 6) is 1.62. The van der Waals surface area contributed by atoms with Crippen molar-refractivity contribution < 1.29 is 4.79 Å². The molecule has 2 aromatic rings. The Balaban J connectivity index is 1.91. The summed E-state index contributed by atoms with van der Waals surface area (Å²) in [6.07, 6.45) is 9.57. The fourth-order valence-electron chi connectivity index (χ4n) is 4.72. The number of rotatable bonds is 10. The standard InChI is InChI=1S/C25H37N3O2/c1-4-6-18-27(23(29)16-15-20-11-7-8-12-20)19(3)24-26-22-14-10-9-13-21(22)25(30)28(24)17-5-2/h9-10,13-14,19-20H,4-8,11-12,15-18H2,1-3H3. The van der Waals surface area contributed by atoms with Gasteiger partial charge in [0.05, 0.1) is 16.9 Å². The van der Waals surface area contributed by atoms with Crippen molar-refractivity contribution in [1.29, 1.82) is 0 Å². The van der Waals surface area contributed by atoms with Crippen molar-refractivity contribution in [3.05, 3.63) is 40.4 Å². The van der Waals surface area contributed by atoms with Gasteiger partial charge in [0, 0.05) is 19.5 Å². The maximum absolute atomic E-state index is 13.2. The minimum atomic E-state index is -0.212. The van der Waals surface area contributed by atoms with Crippen LogP contribution in [0.3, 0.4) is 0 Å². The number of hydrogen-bond acceptors (Lipinski definition) is 3. The Morgan fingerprint density at radius 3 is 2.63 bits per heavy atom. The molecule has 1 aliphatic rings. The number of carbonyl (C=O) groups is 1. The molecule has 5 heteroatoms. The van der Waals surface area contributed by atoms with E-state index < -0.39 is 0 Å². The fraction of sp³-hybridized carbons (Fsp3) is 0.640. The van der Waals surface area contributed by atoms with E-state index in [4.69, 9.17) is 4.98 Å². The van der Waals surface area contributed by atoms with E-state index in [0.29, 0.717) is 35.6 Å². The lowest BCUT2D eigenvalue weighted by atomic mass is 10.0. The first-order valence-corrected chi connectivity index (χ1v) is 11.9. The van der Waals surface area contributed by atoms with Crippen LogP contribution in [0.1, 0.15) is 90.4 Å². The molecule has 3 rings (SSSR count). The number of benzene rings is 1. The van der Waals surface area contributed by atoms with E-state index in [1.54, 1.807) is 4.57 Å². The molecule has 0 radical (unpaired) electrons. The van der Waals surface area contributed by atoms with Crippen LogP contribution in [0.5, 0.6) is 0 Å². The largest absolute Gasteiger partial charge is 0.333 e. The Morgan fingerprint density at radius 1 is 1.20 bits per heavy atom. The van der Waals surface area contributed by atoms with Crippen LogP contribution in [0, 0.1) is 5.92 Å². The second-order valence-electron chi connectivity index (χ2n) is 8.75. The Morgan fingerprint density at radius 2 is 1.93 bits per heavy atom. The second kappa shape index (κ2) is 10.7. The Hall–Kier alpha value is -2.17. The molecule has 0 saturated heterocycles. The van der Waals surface area contributed by atoms with Gasteiger partial charge in [-0.05, 0) is 44.2 Å². The highest BCUT2D eigenvalue weighted by Crippen LogP contribution is 2.30. The zero-order valence-electron chi connectivity index (χ0n) is 18.9. The summed E-state index contributed by atoms with van der Waals surface area (Å²) in [6, 6.07) is 7.31. The molecule has 5 nitrogen and oxygen atoms in total. The summed E-state index contributed by atoms with van der Waals surface area (Å²) in [5.41, 5.74) is 0.712. The molecule has 1 heterocycles. The lowest BCUT2D eigenvalue weighted by Crippen LogP contribution is -2.38. The zero-order valence-corrected chi connectivity index (χ0v) is 18.9. The first-order chi connectivity index (χ1) is 14.6. The van der Waals surface area contributed by atoms with Crippen molar-refractivity contribution in [2.24, 2.45) is 5.92 Å². The zero-order chi connectivity index (χ0) is 21.5. The number of para-hydroxylation sites is 1. The maximum Gasteiger partial charge on any atom is 0.261 e. The van der Waals surface area contributed by atoms with Crippen LogP contribution in [0.25, 0.3) is 10.9 Å². The lowest BCUT2D eigenvalue weighted by Gasteiger charge is -2.31. The molecule has 1 aromatic carbocycles. The van der Waals surface area contributed by atoms with Gasteiger partial charge >= 0.3 is 0 Å². The molecule has 1 amide bonds. The van der Waals surface area contributed by atoms with E-state index >= 15 is 0 Å². The smallest absolute Gasteiger partial charge is 0.261 e. The number of hydrogen-bond donors (Lipinski definition) is 0. The van der Waals surface area contributed by atoms with Crippen molar-refractivity contribution >= 4 is 16.8 Å². The number of fused-ring (bicyclic) bond motifs is 1. The molecule has 1 aromatic heterocycles. The number of nitrogens with zero attached hydrogens (tertiary/aromatic N) is 3. The Bertz CT molecular complexity index is 899. The van der Waals surface area contributed by atoms with Gasteiger partial charge in [-0.15, -0.1) is 0 Å². The molecule has 1 saturated carbocycles. The average Bonchev–Trinajstić information content (AvgIpc) is 3.28. The summed E-state index contributed by atoms with van der Waals surface area (Å²) >= 11 is 0. The summed E-state index contributed by atoms with van der Waals surface area (Å²) < 4.78 is 1.79. The molecule has 1 atom stereocenters. The van der Waals surface area contributed by atoms with E-state index in [1.807, 2.05) is 36.1 Å². The van der Waals surface area contributed by atoms with Gasteiger partial charge in [0.2, 0.25) is 5.91 Å². The highest BCUT2D eigenvalue weighted by atomic mass is 16.2. The highest BCUT2D eigenvalue weighted by molar-refractivity contribution is 5.78. The van der Waals surface area contributed by atoms with Gasteiger partial charge in [-0.2, -0.15) is 0 Å². The summed E-state index contributed by atoms with van der Waals surface area (Å²) in [5, 5.41) is 0.648. The SMILES string of the molecule is CCCCN(C(=O)CCC1CCCC1)C(C)c1nc2ccccc2c(=O)n1CCC. The third-order valence-corrected chi connectivity index (χ3v) is 6.49. The molecule has 0 bridgehead atoms. The molecule has 0 spiro atoms. The first-order valence-electron chi connectivity index (χ1n) is 11.9. The fourth-order valence-corrected chi connectivity index (χ4v) is 4.72. The quantitative estimate of drug-likeness (QED) is 0.521. The van der Waals surface area contributed by atoms with Crippen molar-refractivity contribution in [2.45, 2.75) is 91.1 Å². The van der Waals surface area contributed by atoms with E-state index in [-0.39, 0.29) is 17.5 Å². The van der Waals surface area contributed by atoms with Crippen molar-refractivity contribution in [3.8, 4) is 0 Å². The lowest BCUT2D eigenvalue weighted by molar-refractivity contribution is -0.134. The number of carbonyl (C=O) groups excluding carboxylic acids is 1. The van der Waals surface area contributed by atoms with Gasteiger partial charge < -0.3 is 4.90 Å². The molecule has 0 N–H and O–H groups in total. The highest BCUT2D eigenvalue weighted by Gasteiger charge is 2.26. The number of amides is 1. The van der Waals surface area contributed by atoms with Gasteiger partial charge in [-0.3, -0.25) is 14.2 Å². The van der Waals surface area contributed by atoms with Gasteiger partial charge in [-0.1, -0.05) is 58.1 Å². The molecule has 1 fully saturated rings. The monoisotopic (exact) mass is 411 g/mol. The molecule has 1 aliphatic carbocycles. The molecule has 0 aliphatic heterocycles. The van der Waals surface area contributed by atoms with Crippen LogP contribution in [0.15, 0.2) is 29.1 Å². The van der Waals surface area contributed by atoms with E-state index in [2.05, 4.69) is 13.8 Å². The summed E-state index contributed by atoms with van der Waals surface area (Å²) in [4.78, 5) is 33.3. The topological polar surface area (TPSA) is 55.2 Å². The predicted octanol–water partition coefficient (Wildman–Crippen LogP) is 5.47. The van der Waals surface area contributed by atoms with Crippen LogP contribution < -0.4 is 5.56 Å². The summed E-state index contributed by atoms with van der Waals surface area (Å²) in [7, 11) is 0. The summed E-state index contributed by atoms with van der Waals surface area (Å²) in [6.45, 7) is 7.58. The third kappa shape index (κ3) is 5.11. The van der Waals surface area contributed by atoms with Crippen LogP contribution in [-0.2, 0) is 11.3 Å². The van der Waals surface area contributed by atoms with Crippen LogP contribution in [0.4, 0.5) is 0 Å². The van der Waals surface area contributed by atoms with Crippen LogP contribution in [0.2, 0.25) is 0 Å². The predicted molar refractivity (Wildman–Crippen MR) is 123 cm³/mol. The van der Waals surface area contributed by atoms with Crippen LogP contribution in [-0.4, -0.2) is 26.9 Å². The van der Waals surface area contributed by atoms with E-state index in [0.717, 1.165) is 32.2 Å². The van der Waals surface area contributed by atoms with Crippen molar-refractivity contribution in [3.63, 3.8) is 0 Å². The second-order valence-corrected chi connectivity index (χ2v) is 8.75. The maximum atomic E-state index is 13.2. The Kier molecular flexibility index (Phi) is 8.06. The molecular formula is C25H37N3O2. The average molecular weight is 412 g/mol. The minimum Gasteiger partial charge on any atom is -0.333 e. The van der Waals surface area contributed by atoms with Crippen molar-refractivity contribution in [1.82, 2.24) is 14.5 Å². The first kappa shape index (κ1) is 22.5. The van der Waals surface area contributed by atoms with Gasteiger partial charge in [-0.25, -0.2) is 4.98 Å². The number of unbranched alkanes of at least 4 members (excludes halogenated alkanes) is 1. The normalized spacial score (nSPS) is 15.6. The molecule has 1 unspecified atom stereocenters. The third-order valence-electron chi connectivity index (χ3n) is 6.49. The molecule has 30 heavy (non-hydrogen) atoms. The number of aromatic nitrogens is 2. The minimum absolute atomic E-state index is 0.00172. The van der Waals surface area contributed by atoms with Gasteiger partial charge in [0.15, 0.2) is 0 Å². The van der Waals surface area contributed by atoms with Crippen molar-refractivity contribution in [2.75, 3.05) is 6.54 Å². The molecule has 164 valence electrons.